The fraction of sp³-hybridized carbons (Fsp3) is 0.625. The molecule has 0 aliphatic heterocycles. The first kappa shape index (κ1) is 16.8. The minimum Gasteiger partial charge on any atom is -0.493 e. The summed E-state index contributed by atoms with van der Waals surface area (Å²) >= 11 is 0. The van der Waals surface area contributed by atoms with E-state index < -0.39 is 0 Å². The van der Waals surface area contributed by atoms with Gasteiger partial charge in [-0.25, -0.2) is 0 Å². The van der Waals surface area contributed by atoms with Gasteiger partial charge in [0.1, 0.15) is 11.5 Å². The van der Waals surface area contributed by atoms with Gasteiger partial charge in [0.15, 0.2) is 0 Å². The van der Waals surface area contributed by atoms with Gasteiger partial charge in [0.25, 0.3) is 0 Å². The van der Waals surface area contributed by atoms with E-state index in [0.29, 0.717) is 6.61 Å². The molecule has 0 radical (unpaired) electrons. The molecule has 1 aromatic carbocycles. The number of benzene rings is 1. The minimum atomic E-state index is 0.255. The molecule has 0 heterocycles. The maximum Gasteiger partial charge on any atom is 0.127 e. The fourth-order valence-corrected chi connectivity index (χ4v) is 1.89. The van der Waals surface area contributed by atoms with Gasteiger partial charge in [-0.05, 0) is 38.8 Å². The van der Waals surface area contributed by atoms with Crippen LogP contribution in [0.15, 0.2) is 18.2 Å². The zero-order chi connectivity index (χ0) is 14.6. The molecule has 0 aliphatic rings. The second-order valence-electron chi connectivity index (χ2n) is 4.78. The van der Waals surface area contributed by atoms with Crippen molar-refractivity contribution in [2.45, 2.75) is 39.2 Å². The molecule has 1 aromatic rings. The lowest BCUT2D eigenvalue weighted by atomic mass is 10.2. The highest BCUT2D eigenvalue weighted by atomic mass is 16.5. The van der Waals surface area contributed by atoms with Crippen molar-refractivity contribution in [2.75, 3.05) is 26.9 Å². The lowest BCUT2D eigenvalue weighted by molar-refractivity contribution is 0.264. The molecule has 0 spiro atoms. The van der Waals surface area contributed by atoms with Crippen LogP contribution in [0.3, 0.4) is 0 Å². The smallest absolute Gasteiger partial charge is 0.127 e. The number of hydrogen-bond donors (Lipinski definition) is 2. The summed E-state index contributed by atoms with van der Waals surface area (Å²) in [6.45, 7) is 4.52. The number of hydrogen-bond acceptors (Lipinski definition) is 4. The summed E-state index contributed by atoms with van der Waals surface area (Å²) in [5, 5.41) is 11.9. The zero-order valence-corrected chi connectivity index (χ0v) is 12.7. The normalized spacial score (nSPS) is 10.6. The number of aliphatic hydroxyl groups is 1. The molecule has 0 amide bonds. The van der Waals surface area contributed by atoms with Crippen LogP contribution in [-0.2, 0) is 6.54 Å². The topological polar surface area (TPSA) is 50.7 Å². The Hall–Kier alpha value is -1.26. The molecule has 1 rings (SSSR count). The van der Waals surface area contributed by atoms with Crippen LogP contribution >= 0.6 is 0 Å². The van der Waals surface area contributed by atoms with Crippen LogP contribution in [0, 0.1) is 0 Å². The van der Waals surface area contributed by atoms with E-state index in [1.54, 1.807) is 0 Å². The summed E-state index contributed by atoms with van der Waals surface area (Å²) in [6, 6.07) is 6.00. The van der Waals surface area contributed by atoms with Crippen LogP contribution in [0.1, 0.15) is 38.2 Å². The van der Waals surface area contributed by atoms with Crippen LogP contribution < -0.4 is 14.8 Å². The van der Waals surface area contributed by atoms with E-state index in [9.17, 15) is 0 Å². The number of aliphatic hydroxyl groups excluding tert-OH is 1. The van der Waals surface area contributed by atoms with Gasteiger partial charge in [0, 0.05) is 24.8 Å². The second kappa shape index (κ2) is 10.5. The predicted octanol–water partition coefficient (Wildman–Crippen LogP) is 2.74. The molecule has 4 nitrogen and oxygen atoms in total. The second-order valence-corrected chi connectivity index (χ2v) is 4.78. The molecule has 0 unspecified atom stereocenters. The van der Waals surface area contributed by atoms with Gasteiger partial charge in [-0.3, -0.25) is 0 Å². The van der Waals surface area contributed by atoms with E-state index >= 15 is 0 Å². The van der Waals surface area contributed by atoms with Crippen molar-refractivity contribution in [1.82, 2.24) is 5.32 Å². The third-order valence-electron chi connectivity index (χ3n) is 2.94. The molecule has 0 fully saturated rings. The van der Waals surface area contributed by atoms with E-state index in [0.717, 1.165) is 55.9 Å². The van der Waals surface area contributed by atoms with Crippen molar-refractivity contribution < 1.29 is 14.6 Å². The largest absolute Gasteiger partial charge is 0.493 e. The van der Waals surface area contributed by atoms with Gasteiger partial charge >= 0.3 is 0 Å². The number of rotatable bonds is 11. The summed E-state index contributed by atoms with van der Waals surface area (Å²) in [6.07, 6.45) is 3.78. The summed E-state index contributed by atoms with van der Waals surface area (Å²) in [4.78, 5) is 0. The number of unbranched alkanes of at least 4 members (excludes halogenated alkanes) is 2. The van der Waals surface area contributed by atoms with Crippen molar-refractivity contribution in [3.05, 3.63) is 23.8 Å². The first-order valence-corrected chi connectivity index (χ1v) is 7.45. The van der Waals surface area contributed by atoms with Crippen molar-refractivity contribution in [3.8, 4) is 11.5 Å². The maximum atomic E-state index is 8.75. The van der Waals surface area contributed by atoms with Crippen molar-refractivity contribution in [2.24, 2.45) is 0 Å². The van der Waals surface area contributed by atoms with Crippen LogP contribution in [0.25, 0.3) is 0 Å². The van der Waals surface area contributed by atoms with Gasteiger partial charge in [-0.2, -0.15) is 0 Å². The maximum absolute atomic E-state index is 8.75. The van der Waals surface area contributed by atoms with Crippen LogP contribution in [0.5, 0.6) is 11.5 Å². The van der Waals surface area contributed by atoms with Crippen LogP contribution in [0.4, 0.5) is 0 Å². The first-order chi connectivity index (χ1) is 9.81. The van der Waals surface area contributed by atoms with E-state index in [2.05, 4.69) is 12.2 Å². The van der Waals surface area contributed by atoms with E-state index in [1.807, 2.05) is 25.2 Å². The quantitative estimate of drug-likeness (QED) is 0.612. The van der Waals surface area contributed by atoms with Crippen LogP contribution in [-0.4, -0.2) is 32.0 Å². The molecular weight excluding hydrogens is 254 g/mol. The van der Waals surface area contributed by atoms with Gasteiger partial charge < -0.3 is 19.9 Å². The zero-order valence-electron chi connectivity index (χ0n) is 12.7. The monoisotopic (exact) mass is 281 g/mol. The molecule has 0 aromatic heterocycles. The van der Waals surface area contributed by atoms with E-state index in [1.165, 1.54) is 0 Å². The summed E-state index contributed by atoms with van der Waals surface area (Å²) in [7, 11) is 1.92. The molecule has 4 heteroatoms. The third kappa shape index (κ3) is 6.26. The first-order valence-electron chi connectivity index (χ1n) is 7.45. The molecule has 0 bridgehead atoms. The highest BCUT2D eigenvalue weighted by Gasteiger charge is 2.06. The predicted molar refractivity (Wildman–Crippen MR) is 81.4 cm³/mol. The highest BCUT2D eigenvalue weighted by molar-refractivity contribution is 5.40. The fourth-order valence-electron chi connectivity index (χ4n) is 1.89. The minimum absolute atomic E-state index is 0.255. The van der Waals surface area contributed by atoms with E-state index in [4.69, 9.17) is 14.6 Å². The standard InChI is InChI=1S/C16H27NO3/c1-3-10-19-15-8-7-14(13-17-2)16(12-15)20-11-6-4-5-9-18/h7-8,12,17-18H,3-6,9-11,13H2,1-2H3. The molecule has 2 N–H and O–H groups in total. The SMILES string of the molecule is CCCOc1ccc(CNC)c(OCCCCCO)c1. The third-order valence-corrected chi connectivity index (χ3v) is 2.94. The lowest BCUT2D eigenvalue weighted by Crippen LogP contribution is -2.08. The Kier molecular flexibility index (Phi) is 8.83. The summed E-state index contributed by atoms with van der Waals surface area (Å²) in [5.41, 5.74) is 1.14. The molecular formula is C16H27NO3. The molecule has 0 saturated heterocycles. The average molecular weight is 281 g/mol. The van der Waals surface area contributed by atoms with Gasteiger partial charge in [0.2, 0.25) is 0 Å². The Labute approximate surface area is 122 Å². The van der Waals surface area contributed by atoms with Gasteiger partial charge in [0.05, 0.1) is 13.2 Å². The van der Waals surface area contributed by atoms with Crippen LogP contribution in [0.2, 0.25) is 0 Å². The van der Waals surface area contributed by atoms with Gasteiger partial charge in [-0.1, -0.05) is 13.0 Å². The number of nitrogens with one attached hydrogen (secondary N) is 1. The Morgan fingerprint density at radius 3 is 2.65 bits per heavy atom. The molecule has 0 atom stereocenters. The van der Waals surface area contributed by atoms with Crippen molar-refractivity contribution in [1.29, 1.82) is 0 Å². The molecule has 0 aliphatic carbocycles. The Morgan fingerprint density at radius 1 is 1.10 bits per heavy atom. The van der Waals surface area contributed by atoms with Crippen molar-refractivity contribution >= 4 is 0 Å². The summed E-state index contributed by atoms with van der Waals surface area (Å²) in [5.74, 6) is 1.74. The Morgan fingerprint density at radius 2 is 1.95 bits per heavy atom. The molecule has 20 heavy (non-hydrogen) atoms. The highest BCUT2D eigenvalue weighted by Crippen LogP contribution is 2.25. The molecule has 114 valence electrons. The lowest BCUT2D eigenvalue weighted by Gasteiger charge is -2.13. The average Bonchev–Trinajstić information content (AvgIpc) is 2.47. The Bertz CT molecular complexity index is 369. The number of ether oxygens (including phenoxy) is 2. The Balaban J connectivity index is 2.57. The van der Waals surface area contributed by atoms with Crippen molar-refractivity contribution in [3.63, 3.8) is 0 Å². The van der Waals surface area contributed by atoms with Gasteiger partial charge in [-0.15, -0.1) is 0 Å². The molecule has 0 saturated carbocycles. The summed E-state index contributed by atoms with van der Waals surface area (Å²) < 4.78 is 11.5. The van der Waals surface area contributed by atoms with E-state index in [-0.39, 0.29) is 6.61 Å².